The number of carbonyl (C=O) groups excluding carboxylic acids is 2. The largest absolute Gasteiger partial charge is 0.352 e. The highest BCUT2D eigenvalue weighted by molar-refractivity contribution is 5.95. The number of rotatable bonds is 5. The summed E-state index contributed by atoms with van der Waals surface area (Å²) in [5.41, 5.74) is 3.44. The van der Waals surface area contributed by atoms with Gasteiger partial charge in [-0.2, -0.15) is 0 Å². The number of aromatic nitrogens is 1. The predicted octanol–water partition coefficient (Wildman–Crippen LogP) is 3.44. The second-order valence-electron chi connectivity index (χ2n) is 7.32. The fourth-order valence-corrected chi connectivity index (χ4v) is 3.40. The molecule has 0 unspecified atom stereocenters. The van der Waals surface area contributed by atoms with Crippen molar-refractivity contribution in [1.29, 1.82) is 0 Å². The van der Waals surface area contributed by atoms with Crippen LogP contribution >= 0.6 is 0 Å². The van der Waals surface area contributed by atoms with Crippen LogP contribution in [0.2, 0.25) is 0 Å². The summed E-state index contributed by atoms with van der Waals surface area (Å²) in [6.45, 7) is 6.25. The van der Waals surface area contributed by atoms with E-state index in [1.165, 1.54) is 0 Å². The van der Waals surface area contributed by atoms with Gasteiger partial charge in [0.1, 0.15) is 0 Å². The Hall–Kier alpha value is -2.69. The number of likely N-dealkylation sites (tertiary alicyclic amines) is 1. The van der Waals surface area contributed by atoms with Crippen LogP contribution in [-0.4, -0.2) is 41.3 Å². The molecule has 27 heavy (non-hydrogen) atoms. The molecule has 2 amide bonds. The maximum Gasteiger partial charge on any atom is 0.251 e. The van der Waals surface area contributed by atoms with E-state index in [9.17, 15) is 9.59 Å². The molecule has 0 saturated carbocycles. The summed E-state index contributed by atoms with van der Waals surface area (Å²) in [4.78, 5) is 31.0. The van der Waals surface area contributed by atoms with Crippen LogP contribution in [0.25, 0.3) is 11.3 Å². The molecule has 2 aromatic rings. The number of hydrogen-bond donors (Lipinski definition) is 1. The second kappa shape index (κ2) is 8.80. The van der Waals surface area contributed by atoms with E-state index in [1.807, 2.05) is 42.2 Å². The normalized spacial score (nSPS) is 14.8. The van der Waals surface area contributed by atoms with Crippen molar-refractivity contribution in [3.63, 3.8) is 0 Å². The Balaban J connectivity index is 1.55. The monoisotopic (exact) mass is 365 g/mol. The number of nitrogens with zero attached hydrogens (tertiary/aromatic N) is 2. The summed E-state index contributed by atoms with van der Waals surface area (Å²) in [6, 6.07) is 11.3. The molecule has 5 heteroatoms. The Morgan fingerprint density at radius 2 is 1.96 bits per heavy atom. The number of benzene rings is 1. The highest BCUT2D eigenvalue weighted by Crippen LogP contribution is 2.21. The minimum absolute atomic E-state index is 0.125. The Bertz CT molecular complexity index is 811. The maximum atomic E-state index is 12.5. The molecule has 5 nitrogen and oxygen atoms in total. The van der Waals surface area contributed by atoms with Crippen molar-refractivity contribution in [2.75, 3.05) is 19.6 Å². The number of aryl methyl sites for hydroxylation is 1. The third-order valence-electron chi connectivity index (χ3n) is 5.17. The van der Waals surface area contributed by atoms with Crippen molar-refractivity contribution >= 4 is 11.8 Å². The van der Waals surface area contributed by atoms with Gasteiger partial charge in [0.15, 0.2) is 0 Å². The quantitative estimate of drug-likeness (QED) is 0.883. The van der Waals surface area contributed by atoms with Gasteiger partial charge in [0, 0.05) is 43.4 Å². The minimum Gasteiger partial charge on any atom is -0.352 e. The Morgan fingerprint density at radius 1 is 1.19 bits per heavy atom. The van der Waals surface area contributed by atoms with Crippen molar-refractivity contribution in [2.24, 2.45) is 5.92 Å². The average molecular weight is 365 g/mol. The van der Waals surface area contributed by atoms with E-state index < -0.39 is 0 Å². The van der Waals surface area contributed by atoms with Gasteiger partial charge in [0.05, 0.1) is 5.69 Å². The number of amides is 2. The zero-order valence-corrected chi connectivity index (χ0v) is 16.1. The molecule has 1 fully saturated rings. The molecule has 0 aliphatic carbocycles. The van der Waals surface area contributed by atoms with E-state index in [-0.39, 0.29) is 11.8 Å². The van der Waals surface area contributed by atoms with Crippen LogP contribution < -0.4 is 5.32 Å². The van der Waals surface area contributed by atoms with E-state index >= 15 is 0 Å². The summed E-state index contributed by atoms with van der Waals surface area (Å²) in [7, 11) is 0. The molecule has 3 rings (SSSR count). The molecule has 1 N–H and O–H groups in total. The standard InChI is InChI=1S/C22H27N3O2/c1-16-9-13-25(14-10-16)20(26)8-12-24-22(27)19-7-3-6-18(15-19)21-17(2)5-4-11-23-21/h3-7,11,15-16H,8-10,12-14H2,1-2H3,(H,24,27). The summed E-state index contributed by atoms with van der Waals surface area (Å²) < 4.78 is 0. The van der Waals surface area contributed by atoms with E-state index in [1.54, 1.807) is 12.3 Å². The van der Waals surface area contributed by atoms with Gasteiger partial charge in [-0.3, -0.25) is 14.6 Å². The predicted molar refractivity (Wildman–Crippen MR) is 106 cm³/mol. The molecule has 142 valence electrons. The van der Waals surface area contributed by atoms with Gasteiger partial charge < -0.3 is 10.2 Å². The van der Waals surface area contributed by atoms with Crippen LogP contribution in [0, 0.1) is 12.8 Å². The highest BCUT2D eigenvalue weighted by Gasteiger charge is 2.20. The molecule has 1 aliphatic heterocycles. The van der Waals surface area contributed by atoms with E-state index in [0.717, 1.165) is 42.8 Å². The first-order valence-electron chi connectivity index (χ1n) is 9.62. The van der Waals surface area contributed by atoms with Crippen molar-refractivity contribution in [3.05, 3.63) is 53.7 Å². The average Bonchev–Trinajstić information content (AvgIpc) is 2.69. The third kappa shape index (κ3) is 4.94. The summed E-state index contributed by atoms with van der Waals surface area (Å²) >= 11 is 0. The number of pyridine rings is 1. The first-order valence-corrected chi connectivity index (χ1v) is 9.62. The van der Waals surface area contributed by atoms with Crippen LogP contribution in [0.4, 0.5) is 0 Å². The molecule has 1 saturated heterocycles. The molecule has 0 atom stereocenters. The lowest BCUT2D eigenvalue weighted by molar-refractivity contribution is -0.132. The molecule has 0 radical (unpaired) electrons. The van der Waals surface area contributed by atoms with Gasteiger partial charge in [0.2, 0.25) is 5.91 Å². The van der Waals surface area contributed by atoms with Gasteiger partial charge >= 0.3 is 0 Å². The van der Waals surface area contributed by atoms with Gasteiger partial charge in [-0.1, -0.05) is 25.1 Å². The fourth-order valence-electron chi connectivity index (χ4n) is 3.40. The summed E-state index contributed by atoms with van der Waals surface area (Å²) in [6.07, 6.45) is 4.23. The lowest BCUT2D eigenvalue weighted by Gasteiger charge is -2.30. The van der Waals surface area contributed by atoms with Crippen molar-refractivity contribution in [2.45, 2.75) is 33.1 Å². The fraction of sp³-hybridized carbons (Fsp3) is 0.409. The molecule has 1 aliphatic rings. The van der Waals surface area contributed by atoms with Crippen LogP contribution in [0.5, 0.6) is 0 Å². The number of nitrogens with one attached hydrogen (secondary N) is 1. The second-order valence-corrected chi connectivity index (χ2v) is 7.32. The molecule has 1 aromatic carbocycles. The topological polar surface area (TPSA) is 62.3 Å². The molecular weight excluding hydrogens is 338 g/mol. The lowest BCUT2D eigenvalue weighted by atomic mass is 9.99. The maximum absolute atomic E-state index is 12.5. The molecule has 2 heterocycles. The molecule has 1 aromatic heterocycles. The van der Waals surface area contributed by atoms with Crippen LogP contribution in [0.3, 0.4) is 0 Å². The van der Waals surface area contributed by atoms with Gasteiger partial charge in [-0.05, 0) is 49.4 Å². The SMILES string of the molecule is Cc1cccnc1-c1cccc(C(=O)NCCC(=O)N2CCC(C)CC2)c1. The first kappa shape index (κ1) is 19.1. The van der Waals surface area contributed by atoms with Crippen molar-refractivity contribution in [1.82, 2.24) is 15.2 Å². The molecular formula is C22H27N3O2. The smallest absolute Gasteiger partial charge is 0.251 e. The lowest BCUT2D eigenvalue weighted by Crippen LogP contribution is -2.39. The third-order valence-corrected chi connectivity index (χ3v) is 5.17. The van der Waals surface area contributed by atoms with Crippen molar-refractivity contribution < 1.29 is 9.59 Å². The Labute approximate surface area is 160 Å². The number of piperidine rings is 1. The first-order chi connectivity index (χ1) is 13.0. The minimum atomic E-state index is -0.162. The van der Waals surface area contributed by atoms with E-state index in [2.05, 4.69) is 17.2 Å². The molecule has 0 bridgehead atoms. The Kier molecular flexibility index (Phi) is 6.22. The van der Waals surface area contributed by atoms with Crippen LogP contribution in [0.1, 0.15) is 42.1 Å². The van der Waals surface area contributed by atoms with Crippen molar-refractivity contribution in [3.8, 4) is 11.3 Å². The van der Waals surface area contributed by atoms with E-state index in [4.69, 9.17) is 0 Å². The summed E-state index contributed by atoms with van der Waals surface area (Å²) in [5.74, 6) is 0.661. The van der Waals surface area contributed by atoms with Gasteiger partial charge in [-0.25, -0.2) is 0 Å². The highest BCUT2D eigenvalue weighted by atomic mass is 16.2. The molecule has 0 spiro atoms. The number of hydrogen-bond acceptors (Lipinski definition) is 3. The van der Waals surface area contributed by atoms with Crippen LogP contribution in [-0.2, 0) is 4.79 Å². The van der Waals surface area contributed by atoms with Gasteiger partial charge in [0.25, 0.3) is 5.91 Å². The van der Waals surface area contributed by atoms with Crippen LogP contribution in [0.15, 0.2) is 42.6 Å². The summed E-state index contributed by atoms with van der Waals surface area (Å²) in [5, 5.41) is 2.86. The van der Waals surface area contributed by atoms with Gasteiger partial charge in [-0.15, -0.1) is 0 Å². The zero-order chi connectivity index (χ0) is 19.2. The zero-order valence-electron chi connectivity index (χ0n) is 16.1. The van der Waals surface area contributed by atoms with E-state index in [0.29, 0.717) is 24.4 Å². The Morgan fingerprint density at radius 3 is 2.70 bits per heavy atom. The number of carbonyl (C=O) groups is 2.